The number of rotatable bonds is 18. The maximum Gasteiger partial charge on any atom is 0.328 e. The number of methoxy groups -OCH3 is 1. The normalized spacial score (nSPS) is 19.5. The molecule has 0 aromatic heterocycles. The molecular weight excluding hydrogens is 516 g/mol. The molecule has 10 nitrogen and oxygen atoms in total. The number of esters is 1. The van der Waals surface area contributed by atoms with Crippen molar-refractivity contribution < 1.29 is 39.8 Å². The Morgan fingerprint density at radius 1 is 1.20 bits per heavy atom. The number of phenolic OH excluding ortho intramolecular Hbond substituents is 1. The minimum atomic E-state index is -1.29. The van der Waals surface area contributed by atoms with E-state index in [1.54, 1.807) is 0 Å². The number of nitrogens with one attached hydrogen (secondary N) is 2. The second-order valence-corrected chi connectivity index (χ2v) is 10.7. The average Bonchev–Trinajstić information content (AvgIpc) is 3.28. The molecule has 2 rings (SSSR count). The smallest absolute Gasteiger partial charge is 0.328 e. The molecule has 0 radical (unpaired) electrons. The molecule has 1 aliphatic rings. The molecule has 224 valence electrons. The van der Waals surface area contributed by atoms with E-state index in [4.69, 9.17) is 4.74 Å². The molecule has 1 aliphatic carbocycles. The Bertz CT molecular complexity index is 980. The lowest BCUT2D eigenvalue weighted by Gasteiger charge is -2.18. The lowest BCUT2D eigenvalue weighted by molar-refractivity contribution is -0.991. The molecule has 1 fully saturated rings. The molecule has 5 atom stereocenters. The second-order valence-electron chi connectivity index (χ2n) is 10.7. The minimum Gasteiger partial charge on any atom is -0.595 e. The highest BCUT2D eigenvalue weighted by Gasteiger charge is 2.32. The van der Waals surface area contributed by atoms with Gasteiger partial charge in [0.25, 0.3) is 0 Å². The van der Waals surface area contributed by atoms with E-state index < -0.39 is 23.3 Å². The maximum atomic E-state index is 12.5. The standard InChI is InChI=1S/C30H46N2O8/c1-3-4-7-10-23(33)16-14-22-15-18-27(34)24(22)11-8-5-6-9-12-29(36)31-25(30(37)40-2)19-21-13-17-28(35)26(20-21)32(38)39/h13-14,16-17,20,22-25,32-33,35,38H,3-12,15,18-19H2,1-2H3,(H,31,36). The summed E-state index contributed by atoms with van der Waals surface area (Å²) in [5, 5.41) is 41.7. The van der Waals surface area contributed by atoms with E-state index in [0.29, 0.717) is 24.2 Å². The Labute approximate surface area is 236 Å². The number of phenols is 1. The van der Waals surface area contributed by atoms with Crippen molar-refractivity contribution in [2.45, 2.75) is 103 Å². The summed E-state index contributed by atoms with van der Waals surface area (Å²) in [5.74, 6) is -0.833. The van der Waals surface area contributed by atoms with Crippen molar-refractivity contribution in [2.24, 2.45) is 11.8 Å². The van der Waals surface area contributed by atoms with Crippen molar-refractivity contribution in [1.82, 2.24) is 5.32 Å². The third-order valence-corrected chi connectivity index (χ3v) is 7.56. The zero-order valence-corrected chi connectivity index (χ0v) is 23.8. The van der Waals surface area contributed by atoms with E-state index in [-0.39, 0.29) is 42.0 Å². The third-order valence-electron chi connectivity index (χ3n) is 7.56. The van der Waals surface area contributed by atoms with Gasteiger partial charge in [-0.25, -0.2) is 10.0 Å². The molecule has 0 heterocycles. The van der Waals surface area contributed by atoms with Crippen LogP contribution in [0.2, 0.25) is 0 Å². The number of unbranched alkanes of at least 4 members (excludes halogenated alkanes) is 5. The summed E-state index contributed by atoms with van der Waals surface area (Å²) in [6.45, 7) is 2.13. The van der Waals surface area contributed by atoms with Crippen LogP contribution >= 0.6 is 0 Å². The SMILES string of the molecule is CCCCCC(O)C=CC1CCC(=O)C1CCCCCCC(=O)NC(Cc1ccc(O)c([NH+]([O-])O)c1)C(=O)OC. The van der Waals surface area contributed by atoms with Crippen molar-refractivity contribution in [1.29, 1.82) is 0 Å². The number of hydrogen-bond acceptors (Lipinski definition) is 8. The van der Waals surface area contributed by atoms with Crippen LogP contribution in [-0.2, 0) is 25.5 Å². The fourth-order valence-electron chi connectivity index (χ4n) is 5.23. The van der Waals surface area contributed by atoms with Crippen LogP contribution in [0.1, 0.15) is 89.5 Å². The number of carbonyl (C=O) groups is 3. The number of aliphatic hydroxyl groups is 1. The fraction of sp³-hybridized carbons (Fsp3) is 0.633. The number of hydrogen-bond donors (Lipinski definition) is 5. The highest BCUT2D eigenvalue weighted by atomic mass is 16.8. The van der Waals surface area contributed by atoms with Gasteiger partial charge >= 0.3 is 5.97 Å². The zero-order chi connectivity index (χ0) is 29.5. The van der Waals surface area contributed by atoms with Gasteiger partial charge in [0.1, 0.15) is 11.8 Å². The van der Waals surface area contributed by atoms with E-state index in [2.05, 4.69) is 12.2 Å². The van der Waals surface area contributed by atoms with Gasteiger partial charge in [0.05, 0.1) is 13.2 Å². The second kappa shape index (κ2) is 17.8. The Morgan fingerprint density at radius 3 is 2.65 bits per heavy atom. The van der Waals surface area contributed by atoms with Crippen LogP contribution in [0.3, 0.4) is 0 Å². The van der Waals surface area contributed by atoms with Gasteiger partial charge in [-0.3, -0.25) is 9.59 Å². The summed E-state index contributed by atoms with van der Waals surface area (Å²) >= 11 is 0. The average molecular weight is 563 g/mol. The number of amides is 1. The van der Waals surface area contributed by atoms with E-state index in [9.17, 15) is 35.0 Å². The fourth-order valence-corrected chi connectivity index (χ4v) is 5.23. The van der Waals surface area contributed by atoms with Crippen molar-refractivity contribution in [3.05, 3.63) is 41.1 Å². The van der Waals surface area contributed by atoms with Crippen molar-refractivity contribution in [3.8, 4) is 5.75 Å². The van der Waals surface area contributed by atoms with Crippen molar-refractivity contribution in [2.75, 3.05) is 7.11 Å². The predicted molar refractivity (Wildman–Crippen MR) is 150 cm³/mol. The van der Waals surface area contributed by atoms with E-state index >= 15 is 0 Å². The van der Waals surface area contributed by atoms with Gasteiger partial charge in [-0.05, 0) is 43.2 Å². The number of benzene rings is 1. The first-order chi connectivity index (χ1) is 19.2. The van der Waals surface area contributed by atoms with Gasteiger partial charge < -0.3 is 25.5 Å². The maximum absolute atomic E-state index is 12.5. The van der Waals surface area contributed by atoms with Gasteiger partial charge in [0.2, 0.25) is 11.6 Å². The first-order valence-electron chi connectivity index (χ1n) is 14.5. The topological polar surface area (TPSA) is 161 Å². The molecule has 0 saturated heterocycles. The highest BCUT2D eigenvalue weighted by molar-refractivity contribution is 5.85. The first-order valence-corrected chi connectivity index (χ1v) is 14.5. The number of quaternary nitrogens is 1. The Kier molecular flexibility index (Phi) is 14.9. The van der Waals surface area contributed by atoms with Gasteiger partial charge in [-0.15, -0.1) is 0 Å². The molecule has 1 saturated carbocycles. The number of allylic oxidation sites excluding steroid dienone is 1. The highest BCUT2D eigenvalue weighted by Crippen LogP contribution is 2.34. The van der Waals surface area contributed by atoms with Gasteiger partial charge in [0.15, 0.2) is 5.75 Å². The summed E-state index contributed by atoms with van der Waals surface area (Å²) in [5.41, 5.74) is 0.181. The molecular formula is C30H46N2O8. The van der Waals surface area contributed by atoms with Crippen LogP contribution in [0.15, 0.2) is 30.4 Å². The van der Waals surface area contributed by atoms with E-state index in [1.165, 1.54) is 25.3 Å². The summed E-state index contributed by atoms with van der Waals surface area (Å²) in [4.78, 5) is 37.1. The molecule has 1 aromatic carbocycles. The number of aliphatic hydroxyl groups excluding tert-OH is 1. The summed E-state index contributed by atoms with van der Waals surface area (Å²) in [6, 6.07) is 3.03. The lowest BCUT2D eigenvalue weighted by atomic mass is 9.89. The van der Waals surface area contributed by atoms with Gasteiger partial charge in [-0.1, -0.05) is 63.7 Å². The molecule has 1 aromatic rings. The Balaban J connectivity index is 1.74. The Hall–Kier alpha value is -2.79. The van der Waals surface area contributed by atoms with Crippen LogP contribution in [0.25, 0.3) is 0 Å². The molecule has 0 aliphatic heterocycles. The van der Waals surface area contributed by atoms with Crippen LogP contribution < -0.4 is 10.5 Å². The number of ether oxygens (including phenoxy) is 1. The van der Waals surface area contributed by atoms with Crippen LogP contribution in [-0.4, -0.2) is 52.3 Å². The van der Waals surface area contributed by atoms with E-state index in [1.807, 2.05) is 12.2 Å². The third kappa shape index (κ3) is 11.4. The predicted octanol–water partition coefficient (Wildman–Crippen LogP) is 3.43. The molecule has 0 bridgehead atoms. The summed E-state index contributed by atoms with van der Waals surface area (Å²) < 4.78 is 4.80. The van der Waals surface area contributed by atoms with Crippen LogP contribution in [0.5, 0.6) is 5.75 Å². The molecule has 10 heteroatoms. The summed E-state index contributed by atoms with van der Waals surface area (Å²) in [7, 11) is 1.21. The summed E-state index contributed by atoms with van der Waals surface area (Å²) in [6.07, 6.45) is 13.1. The molecule has 1 amide bonds. The van der Waals surface area contributed by atoms with Crippen LogP contribution in [0.4, 0.5) is 5.69 Å². The molecule has 0 spiro atoms. The van der Waals surface area contributed by atoms with Gasteiger partial charge in [0, 0.05) is 31.2 Å². The Morgan fingerprint density at radius 2 is 1.95 bits per heavy atom. The van der Waals surface area contributed by atoms with Crippen LogP contribution in [0, 0.1) is 17.0 Å². The molecule has 5 unspecified atom stereocenters. The largest absolute Gasteiger partial charge is 0.595 e. The monoisotopic (exact) mass is 562 g/mol. The minimum absolute atomic E-state index is 0.00440. The first kappa shape index (κ1) is 33.4. The lowest BCUT2D eigenvalue weighted by Crippen LogP contribution is -2.99. The molecule has 40 heavy (non-hydrogen) atoms. The van der Waals surface area contributed by atoms with Crippen molar-refractivity contribution in [3.63, 3.8) is 0 Å². The van der Waals surface area contributed by atoms with E-state index in [0.717, 1.165) is 57.8 Å². The number of ketones is 1. The number of aromatic hydroxyl groups is 1. The quantitative estimate of drug-likeness (QED) is 0.0598. The zero-order valence-electron chi connectivity index (χ0n) is 23.8. The van der Waals surface area contributed by atoms with Crippen molar-refractivity contribution >= 4 is 23.3 Å². The molecule has 5 N–H and O–H groups in total. The number of Topliss-reactive ketones (excluding diaryl/α,β-unsaturated/α-hetero) is 1. The number of carbonyl (C=O) groups excluding carboxylic acids is 3. The van der Waals surface area contributed by atoms with Gasteiger partial charge in [-0.2, -0.15) is 5.23 Å².